The number of hydrogen-bond acceptors (Lipinski definition) is 7. The number of aryl methyl sites for hydroxylation is 1. The van der Waals surface area contributed by atoms with Gasteiger partial charge in [0.2, 0.25) is 4.96 Å². The molecule has 0 saturated carbocycles. The van der Waals surface area contributed by atoms with Crippen LogP contribution in [-0.4, -0.2) is 30.6 Å². The zero-order valence-corrected chi connectivity index (χ0v) is 14.8. The van der Waals surface area contributed by atoms with Crippen LogP contribution in [0.5, 0.6) is 0 Å². The van der Waals surface area contributed by atoms with Crippen molar-refractivity contribution in [2.75, 3.05) is 5.32 Å². The number of nitrogens with one attached hydrogen (secondary N) is 1. The second-order valence-corrected chi connectivity index (χ2v) is 6.71. The van der Waals surface area contributed by atoms with Gasteiger partial charge in [0, 0.05) is 28.4 Å². The molecule has 27 heavy (non-hydrogen) atoms. The van der Waals surface area contributed by atoms with Crippen LogP contribution in [0.15, 0.2) is 48.8 Å². The van der Waals surface area contributed by atoms with Gasteiger partial charge in [0.05, 0.1) is 4.92 Å². The highest BCUT2D eigenvalue weighted by Gasteiger charge is 2.14. The smallest absolute Gasteiger partial charge is 0.272 e. The van der Waals surface area contributed by atoms with E-state index in [9.17, 15) is 14.9 Å². The minimum absolute atomic E-state index is 0.0131. The van der Waals surface area contributed by atoms with Gasteiger partial charge in [-0.1, -0.05) is 11.3 Å². The van der Waals surface area contributed by atoms with Crippen LogP contribution < -0.4 is 5.32 Å². The third kappa shape index (κ3) is 3.25. The van der Waals surface area contributed by atoms with Crippen LogP contribution in [0.2, 0.25) is 0 Å². The summed E-state index contributed by atoms with van der Waals surface area (Å²) in [4.78, 5) is 23.5. The van der Waals surface area contributed by atoms with E-state index in [0.29, 0.717) is 21.8 Å². The lowest BCUT2D eigenvalue weighted by molar-refractivity contribution is -0.385. The topological polar surface area (TPSA) is 115 Å². The normalized spacial score (nSPS) is 10.9. The Morgan fingerprint density at radius 2 is 2.00 bits per heavy atom. The number of nitrogens with zero attached hydrogens (tertiary/aromatic N) is 5. The monoisotopic (exact) mass is 380 g/mol. The molecule has 0 saturated heterocycles. The highest BCUT2D eigenvalue weighted by molar-refractivity contribution is 7.19. The van der Waals surface area contributed by atoms with Crippen molar-refractivity contribution in [3.05, 3.63) is 70.0 Å². The van der Waals surface area contributed by atoms with E-state index in [1.54, 1.807) is 23.6 Å². The molecule has 4 rings (SSSR count). The third-order valence-corrected chi connectivity index (χ3v) is 4.89. The summed E-state index contributed by atoms with van der Waals surface area (Å²) in [6.07, 6.45) is 1.54. The van der Waals surface area contributed by atoms with Crippen LogP contribution in [0.25, 0.3) is 15.5 Å². The number of benzene rings is 2. The molecule has 0 radical (unpaired) electrons. The van der Waals surface area contributed by atoms with Crippen LogP contribution in [-0.2, 0) is 0 Å². The second kappa shape index (κ2) is 6.57. The van der Waals surface area contributed by atoms with Gasteiger partial charge in [-0.3, -0.25) is 14.9 Å². The number of hydrogen-bond donors (Lipinski definition) is 1. The maximum atomic E-state index is 12.4. The first-order valence-corrected chi connectivity index (χ1v) is 8.66. The summed E-state index contributed by atoms with van der Waals surface area (Å²) >= 11 is 1.41. The molecular weight excluding hydrogens is 368 g/mol. The Morgan fingerprint density at radius 3 is 2.67 bits per heavy atom. The maximum Gasteiger partial charge on any atom is 0.272 e. The first-order valence-electron chi connectivity index (χ1n) is 7.85. The fourth-order valence-electron chi connectivity index (χ4n) is 2.58. The fourth-order valence-corrected chi connectivity index (χ4v) is 3.40. The molecular formula is C17H12N6O3S. The number of rotatable bonds is 4. The van der Waals surface area contributed by atoms with Gasteiger partial charge in [0.25, 0.3) is 11.6 Å². The minimum Gasteiger partial charge on any atom is -0.322 e. The minimum atomic E-state index is -0.471. The van der Waals surface area contributed by atoms with Gasteiger partial charge in [-0.25, -0.2) is 0 Å². The van der Waals surface area contributed by atoms with Crippen LogP contribution >= 0.6 is 11.3 Å². The molecule has 0 aliphatic carbocycles. The Labute approximate surface area is 156 Å². The van der Waals surface area contributed by atoms with Crippen LogP contribution in [0.3, 0.4) is 0 Å². The van der Waals surface area contributed by atoms with Crippen molar-refractivity contribution >= 4 is 33.6 Å². The molecule has 2 aromatic heterocycles. The van der Waals surface area contributed by atoms with Gasteiger partial charge in [0.1, 0.15) is 11.3 Å². The van der Waals surface area contributed by atoms with E-state index in [1.165, 1.54) is 35.9 Å². The zero-order chi connectivity index (χ0) is 19.0. The van der Waals surface area contributed by atoms with E-state index < -0.39 is 4.92 Å². The molecule has 0 atom stereocenters. The molecule has 4 aromatic rings. The summed E-state index contributed by atoms with van der Waals surface area (Å²) in [5.74, 6) is -0.334. The van der Waals surface area contributed by atoms with Crippen molar-refractivity contribution in [2.24, 2.45) is 0 Å². The standard InChI is InChI=1S/C17H12N6O3S/c1-10-8-12(4-7-14(10)23(25)26)15(24)19-13-5-2-11(3-6-13)16-21-22-9-18-20-17(22)27-16/h2-9H,1H3,(H,19,24). The largest absolute Gasteiger partial charge is 0.322 e. The van der Waals surface area contributed by atoms with E-state index in [1.807, 2.05) is 12.1 Å². The number of amides is 1. The predicted octanol–water partition coefficient (Wildman–Crippen LogP) is 3.32. The van der Waals surface area contributed by atoms with Crippen LogP contribution in [0.1, 0.15) is 15.9 Å². The Balaban J connectivity index is 1.51. The molecule has 134 valence electrons. The first-order chi connectivity index (χ1) is 13.0. The molecule has 1 amide bonds. The highest BCUT2D eigenvalue weighted by Crippen LogP contribution is 2.26. The maximum absolute atomic E-state index is 12.4. The Kier molecular flexibility index (Phi) is 4.09. The lowest BCUT2D eigenvalue weighted by atomic mass is 10.1. The number of anilines is 1. The molecule has 2 aromatic carbocycles. The Bertz CT molecular complexity index is 1140. The summed E-state index contributed by atoms with van der Waals surface area (Å²) in [5.41, 5.74) is 2.29. The predicted molar refractivity (Wildman–Crippen MR) is 99.9 cm³/mol. The number of fused-ring (bicyclic) bond motifs is 1. The van der Waals surface area contributed by atoms with E-state index in [2.05, 4.69) is 20.6 Å². The van der Waals surface area contributed by atoms with Crippen molar-refractivity contribution in [3.8, 4) is 10.6 Å². The Morgan fingerprint density at radius 1 is 1.22 bits per heavy atom. The first kappa shape index (κ1) is 16.8. The van der Waals surface area contributed by atoms with Gasteiger partial charge in [-0.2, -0.15) is 9.61 Å². The molecule has 2 heterocycles. The molecule has 0 unspecified atom stereocenters. The average molecular weight is 380 g/mol. The molecule has 0 bridgehead atoms. The van der Waals surface area contributed by atoms with Crippen LogP contribution in [0, 0.1) is 17.0 Å². The van der Waals surface area contributed by atoms with E-state index in [4.69, 9.17) is 0 Å². The highest BCUT2D eigenvalue weighted by atomic mass is 32.1. The summed E-state index contributed by atoms with van der Waals surface area (Å²) in [7, 11) is 0. The second-order valence-electron chi connectivity index (χ2n) is 5.76. The van der Waals surface area contributed by atoms with Gasteiger partial charge >= 0.3 is 0 Å². The van der Waals surface area contributed by atoms with Crippen LogP contribution in [0.4, 0.5) is 11.4 Å². The Hall–Kier alpha value is -3.66. The molecule has 9 nitrogen and oxygen atoms in total. The molecule has 0 aliphatic rings. The summed E-state index contributed by atoms with van der Waals surface area (Å²) in [6.45, 7) is 1.60. The van der Waals surface area contributed by atoms with Crippen molar-refractivity contribution in [2.45, 2.75) is 6.92 Å². The van der Waals surface area contributed by atoms with Gasteiger partial charge in [0.15, 0.2) is 0 Å². The van der Waals surface area contributed by atoms with Crippen molar-refractivity contribution < 1.29 is 9.72 Å². The molecule has 0 spiro atoms. The quantitative estimate of drug-likeness (QED) is 0.429. The van der Waals surface area contributed by atoms with Gasteiger partial charge in [-0.15, -0.1) is 10.2 Å². The van der Waals surface area contributed by atoms with E-state index in [-0.39, 0.29) is 11.6 Å². The number of carbonyl (C=O) groups is 1. The molecule has 1 N–H and O–H groups in total. The average Bonchev–Trinajstić information content (AvgIpc) is 3.24. The number of carbonyl (C=O) groups excluding carboxylic acids is 1. The molecule has 0 fully saturated rings. The summed E-state index contributed by atoms with van der Waals surface area (Å²) < 4.78 is 1.60. The zero-order valence-electron chi connectivity index (χ0n) is 14.0. The lowest BCUT2D eigenvalue weighted by Gasteiger charge is -2.07. The SMILES string of the molecule is Cc1cc(C(=O)Nc2ccc(-c3nn4cnnc4s3)cc2)ccc1[N+](=O)[O-]. The fraction of sp³-hybridized carbons (Fsp3) is 0.0588. The molecule has 0 aliphatic heterocycles. The third-order valence-electron chi connectivity index (χ3n) is 3.93. The summed E-state index contributed by atoms with van der Waals surface area (Å²) in [5, 5.41) is 26.6. The summed E-state index contributed by atoms with van der Waals surface area (Å²) in [6, 6.07) is 11.5. The van der Waals surface area contributed by atoms with Gasteiger partial charge in [-0.05, 0) is 43.3 Å². The number of nitro groups is 1. The van der Waals surface area contributed by atoms with Crippen molar-refractivity contribution in [3.63, 3.8) is 0 Å². The van der Waals surface area contributed by atoms with E-state index >= 15 is 0 Å². The van der Waals surface area contributed by atoms with Crippen molar-refractivity contribution in [1.82, 2.24) is 19.8 Å². The molecule has 10 heteroatoms. The number of nitro benzene ring substituents is 1. The lowest BCUT2D eigenvalue weighted by Crippen LogP contribution is -2.12. The van der Waals surface area contributed by atoms with Gasteiger partial charge < -0.3 is 5.32 Å². The number of aromatic nitrogens is 4. The van der Waals surface area contributed by atoms with Crippen molar-refractivity contribution in [1.29, 1.82) is 0 Å². The van der Waals surface area contributed by atoms with E-state index in [0.717, 1.165) is 10.6 Å².